The number of aldehydes is 1. The number of carbonyl (C=O) groups excluding carboxylic acids is 9. The van der Waals surface area contributed by atoms with Crippen molar-refractivity contribution in [3.63, 3.8) is 0 Å². The molecular formula is C47H74N10O12S. The van der Waals surface area contributed by atoms with Crippen LogP contribution in [0, 0.1) is 30.1 Å². The first-order valence-electron chi connectivity index (χ1n) is 22.5. The Labute approximate surface area is 415 Å². The number of fused-ring (bicyclic) bond motifs is 1. The molecule has 1 aromatic rings. The number of nitrogens with two attached hydrogens (primary N) is 2. The second kappa shape index (κ2) is 36.5. The Bertz CT molecular complexity index is 1920. The number of terminal acetylenes is 1. The van der Waals surface area contributed by atoms with Gasteiger partial charge in [0.05, 0.1) is 24.1 Å². The van der Waals surface area contributed by atoms with Crippen molar-refractivity contribution in [1.29, 1.82) is 5.41 Å². The number of imide groups is 1. The van der Waals surface area contributed by atoms with Gasteiger partial charge in [0.1, 0.15) is 24.8 Å². The quantitative estimate of drug-likeness (QED) is 0.0110. The lowest BCUT2D eigenvalue weighted by Gasteiger charge is -2.53. The summed E-state index contributed by atoms with van der Waals surface area (Å²) in [5.41, 5.74) is 10.2. The summed E-state index contributed by atoms with van der Waals surface area (Å²) in [6, 6.07) is 5.57. The molecule has 22 nitrogen and oxygen atoms in total. The SMILES string of the molecule is C#C.CC.CC(C)C(NC(=O)CCCCCN1C(=O)C=CC1=O)C(=O)NCC(=O)Nc1ccc(COC(=O)N(C=N)CCSC2=C(C=O)N3C(=O)C([C@@H](N)O)[C@@]3(C)C2)cc1.CCCNC.CO.NC=O. The lowest BCUT2D eigenvalue weighted by atomic mass is 9.73. The number of hydrogen-bond acceptors (Lipinski definition) is 16. The highest BCUT2D eigenvalue weighted by molar-refractivity contribution is 8.03. The van der Waals surface area contributed by atoms with Gasteiger partial charge in [-0.05, 0) is 63.4 Å². The Kier molecular flexibility index (Phi) is 34.2. The predicted molar refractivity (Wildman–Crippen MR) is 268 cm³/mol. The second-order valence-corrected chi connectivity index (χ2v) is 16.5. The molecule has 390 valence electrons. The van der Waals surface area contributed by atoms with E-state index in [1.807, 2.05) is 20.9 Å². The second-order valence-electron chi connectivity index (χ2n) is 15.3. The van der Waals surface area contributed by atoms with Gasteiger partial charge in [-0.3, -0.25) is 53.6 Å². The molecule has 3 heterocycles. The molecule has 0 spiro atoms. The third-order valence-electron chi connectivity index (χ3n) is 10.1. The summed E-state index contributed by atoms with van der Waals surface area (Å²) >= 11 is 1.26. The lowest BCUT2D eigenvalue weighted by Crippen LogP contribution is -2.71. The topological polar surface area (TPSA) is 337 Å². The average molecular weight is 1000 g/mol. The first-order valence-corrected chi connectivity index (χ1v) is 23.5. The van der Waals surface area contributed by atoms with E-state index >= 15 is 0 Å². The fourth-order valence-corrected chi connectivity index (χ4v) is 8.11. The molecule has 1 fully saturated rings. The molecule has 70 heavy (non-hydrogen) atoms. The van der Waals surface area contributed by atoms with Crippen LogP contribution in [0.5, 0.6) is 0 Å². The summed E-state index contributed by atoms with van der Waals surface area (Å²) < 4.78 is 5.35. The molecule has 0 aromatic heterocycles. The molecule has 1 saturated heterocycles. The lowest BCUT2D eigenvalue weighted by molar-refractivity contribution is -0.171. The van der Waals surface area contributed by atoms with Crippen LogP contribution in [0.1, 0.15) is 85.6 Å². The number of thioether (sulfide) groups is 1. The van der Waals surface area contributed by atoms with Crippen LogP contribution in [0.2, 0.25) is 0 Å². The molecular weight excluding hydrogens is 929 g/mol. The summed E-state index contributed by atoms with van der Waals surface area (Å²) in [5, 5.41) is 35.4. The van der Waals surface area contributed by atoms with Crippen LogP contribution in [0.4, 0.5) is 10.5 Å². The predicted octanol–water partition coefficient (Wildman–Crippen LogP) is 1.56. The third-order valence-corrected chi connectivity index (χ3v) is 11.2. The number of ether oxygens (including phenoxy) is 1. The minimum Gasteiger partial charge on any atom is -0.444 e. The highest BCUT2D eigenvalue weighted by atomic mass is 32.2. The number of rotatable bonds is 23. The number of hydrogen-bond donors (Lipinski definition) is 9. The van der Waals surface area contributed by atoms with Crippen LogP contribution in [-0.2, 0) is 49.7 Å². The Morgan fingerprint density at radius 3 is 2.10 bits per heavy atom. The number of allylic oxidation sites excluding steroid dienone is 1. The number of β-lactam (4-membered cyclic amide) rings is 1. The van der Waals surface area contributed by atoms with Gasteiger partial charge >= 0.3 is 6.09 Å². The molecule has 23 heteroatoms. The largest absolute Gasteiger partial charge is 0.444 e. The van der Waals surface area contributed by atoms with E-state index in [0.29, 0.717) is 53.9 Å². The van der Waals surface area contributed by atoms with Gasteiger partial charge in [0.2, 0.25) is 30.0 Å². The number of aliphatic hydroxyl groups is 2. The fourth-order valence-electron chi connectivity index (χ4n) is 6.90. The Morgan fingerprint density at radius 1 is 1.03 bits per heavy atom. The highest BCUT2D eigenvalue weighted by Crippen LogP contribution is 2.53. The monoisotopic (exact) mass is 1000 g/mol. The molecule has 2 unspecified atom stereocenters. The van der Waals surface area contributed by atoms with Crippen LogP contribution in [0.3, 0.4) is 0 Å². The number of unbranched alkanes of at least 4 members (excludes halogenated alkanes) is 2. The van der Waals surface area contributed by atoms with E-state index in [2.05, 4.69) is 46.8 Å². The zero-order valence-corrected chi connectivity index (χ0v) is 42.3. The van der Waals surface area contributed by atoms with Gasteiger partial charge in [-0.1, -0.05) is 53.2 Å². The maximum atomic E-state index is 12.8. The van der Waals surface area contributed by atoms with Crippen molar-refractivity contribution in [1.82, 2.24) is 30.7 Å². The summed E-state index contributed by atoms with van der Waals surface area (Å²) in [7, 11) is 2.96. The van der Waals surface area contributed by atoms with Crippen molar-refractivity contribution >= 4 is 78.0 Å². The standard InChI is InChI=1S/C37H48N8O10S.C4H11N.C2H6.C2H2.CH3NO.CH4O/c1-22(2)32(42-27(47)7-5-4-6-14-44-29(49)12-13-30(44)50)34(52)40-18-28(48)41-24-10-8-23(9-11-24)20-55-36(54)43(21-38)15-16-56-26-17-37(3)31(33(39)51)35(53)45(37)25(26)19-46;1-3-4-5-2;2*1-2;2-1-3;1-2/h8-13,19,21-22,31-33,38,51H,4-7,14-18,20,39H2,1-3H3,(H,40,52)(H,41,48)(H,42,47);5H,3-4H2,1-2H3;1-2H3;1-2H;1H,(H2,2,3);2H,1H3/t31?,32?,33-,37+;;;;;/m0...../s1. The van der Waals surface area contributed by atoms with Crippen LogP contribution >= 0.6 is 11.8 Å². The summed E-state index contributed by atoms with van der Waals surface area (Å²) in [4.78, 5) is 111. The smallest absolute Gasteiger partial charge is 0.415 e. The molecule has 0 aliphatic carbocycles. The van der Waals surface area contributed by atoms with Crippen LogP contribution < -0.4 is 32.7 Å². The zero-order chi connectivity index (χ0) is 54.0. The number of nitrogens with zero attached hydrogens (tertiary/aromatic N) is 3. The Hall–Kier alpha value is -6.45. The fraction of sp³-hybridized carbons (Fsp3) is 0.532. The number of benzene rings is 1. The number of amides is 8. The molecule has 4 rings (SSSR count). The van der Waals surface area contributed by atoms with Gasteiger partial charge in [0, 0.05) is 61.5 Å². The third kappa shape index (κ3) is 21.0. The Morgan fingerprint density at radius 2 is 1.61 bits per heavy atom. The number of anilines is 1. The normalized spacial score (nSPS) is 16.7. The van der Waals surface area contributed by atoms with Crippen molar-refractivity contribution < 1.29 is 58.1 Å². The zero-order valence-electron chi connectivity index (χ0n) is 41.5. The molecule has 3 aliphatic rings. The van der Waals surface area contributed by atoms with Crippen molar-refractivity contribution in [3.8, 4) is 12.8 Å². The number of nitrogens with one attached hydrogen (secondary N) is 5. The molecule has 3 aliphatic heterocycles. The minimum atomic E-state index is -1.35. The molecule has 8 amide bonds. The molecule has 4 atom stereocenters. The van der Waals surface area contributed by atoms with Gasteiger partial charge in [0.25, 0.3) is 11.8 Å². The van der Waals surface area contributed by atoms with Crippen molar-refractivity contribution in [2.75, 3.05) is 51.4 Å². The van der Waals surface area contributed by atoms with E-state index in [-0.39, 0.29) is 68.4 Å². The Balaban J connectivity index is 0. The maximum Gasteiger partial charge on any atom is 0.415 e. The molecule has 0 radical (unpaired) electrons. The van der Waals surface area contributed by atoms with E-state index in [4.69, 9.17) is 25.8 Å². The van der Waals surface area contributed by atoms with Gasteiger partial charge in [-0.25, -0.2) is 4.79 Å². The number of aliphatic hydroxyl groups excluding tert-OH is 2. The minimum absolute atomic E-state index is 0.0785. The van der Waals surface area contributed by atoms with E-state index in [9.17, 15) is 43.5 Å². The summed E-state index contributed by atoms with van der Waals surface area (Å²) in [5.74, 6) is -3.26. The van der Waals surface area contributed by atoms with E-state index in [0.717, 1.165) is 29.8 Å². The molecule has 11 N–H and O–H groups in total. The molecule has 0 bridgehead atoms. The summed E-state index contributed by atoms with van der Waals surface area (Å²) in [6.45, 7) is 12.5. The van der Waals surface area contributed by atoms with Gasteiger partial charge in [0.15, 0.2) is 6.29 Å². The van der Waals surface area contributed by atoms with Crippen LogP contribution in [-0.4, -0.2) is 149 Å². The molecule has 1 aromatic carbocycles. The van der Waals surface area contributed by atoms with Crippen LogP contribution in [0.25, 0.3) is 0 Å². The molecule has 0 saturated carbocycles. The summed E-state index contributed by atoms with van der Waals surface area (Å²) in [6.07, 6.45) is 13.4. The van der Waals surface area contributed by atoms with Crippen molar-refractivity contribution in [2.45, 2.75) is 104 Å². The first kappa shape index (κ1) is 65.6. The van der Waals surface area contributed by atoms with Gasteiger partial charge < -0.3 is 52.6 Å². The number of primary amides is 1. The van der Waals surface area contributed by atoms with Gasteiger partial charge in [-0.15, -0.1) is 24.6 Å². The van der Waals surface area contributed by atoms with Crippen LogP contribution in [0.15, 0.2) is 47.0 Å². The van der Waals surface area contributed by atoms with E-state index < -0.39 is 47.5 Å². The highest BCUT2D eigenvalue weighted by Gasteiger charge is 2.64. The van der Waals surface area contributed by atoms with Gasteiger partial charge in [-0.2, -0.15) is 0 Å². The van der Waals surface area contributed by atoms with E-state index in [1.165, 1.54) is 35.2 Å². The van der Waals surface area contributed by atoms with Crippen molar-refractivity contribution in [2.24, 2.45) is 23.3 Å². The first-order chi connectivity index (χ1) is 33.4. The maximum absolute atomic E-state index is 12.8. The van der Waals surface area contributed by atoms with E-state index in [1.54, 1.807) is 45.0 Å². The number of carbonyl (C=O) groups is 9. The average Bonchev–Trinajstić information content (AvgIpc) is 3.80. The van der Waals surface area contributed by atoms with Crippen molar-refractivity contribution in [3.05, 3.63) is 52.6 Å².